The van der Waals surface area contributed by atoms with Crippen LogP contribution in [0.15, 0.2) is 71.4 Å². The topological polar surface area (TPSA) is 80.7 Å². The van der Waals surface area contributed by atoms with Crippen molar-refractivity contribution in [2.45, 2.75) is 19.4 Å². The van der Waals surface area contributed by atoms with E-state index < -0.39 is 0 Å². The number of hydrogen-bond acceptors (Lipinski definition) is 6. The van der Waals surface area contributed by atoms with Gasteiger partial charge in [0.2, 0.25) is 0 Å². The molecule has 2 aromatic heterocycles. The Bertz CT molecular complexity index is 1290. The lowest BCUT2D eigenvalue weighted by Crippen LogP contribution is -2.53. The largest absolute Gasteiger partial charge is 0.508 e. The summed E-state index contributed by atoms with van der Waals surface area (Å²) < 4.78 is 13.6. The van der Waals surface area contributed by atoms with Crippen LogP contribution in [0.3, 0.4) is 0 Å². The van der Waals surface area contributed by atoms with E-state index in [4.69, 9.17) is 9.26 Å². The van der Waals surface area contributed by atoms with Gasteiger partial charge in [-0.3, -0.25) is 9.69 Å². The summed E-state index contributed by atoms with van der Waals surface area (Å²) in [5.41, 5.74) is 2.82. The van der Waals surface area contributed by atoms with E-state index in [1.165, 1.54) is 0 Å². The van der Waals surface area contributed by atoms with Crippen LogP contribution in [0.2, 0.25) is 0 Å². The molecule has 8 heteroatoms. The molecule has 0 radical (unpaired) electrons. The van der Waals surface area contributed by atoms with E-state index in [1.807, 2.05) is 42.1 Å². The fourth-order valence-electron chi connectivity index (χ4n) is 4.31. The summed E-state index contributed by atoms with van der Waals surface area (Å²) in [5.74, 6) is 1.07. The number of benzene rings is 2. The number of hydrogen-bond donors (Lipinski definition) is 1. The fourth-order valence-corrected chi connectivity index (χ4v) is 4.31. The molecule has 1 N–H and O–H groups in total. The molecule has 0 spiro atoms. The van der Waals surface area contributed by atoms with Gasteiger partial charge < -0.3 is 18.9 Å². The summed E-state index contributed by atoms with van der Waals surface area (Å²) in [6.07, 6.45) is 3.23. The van der Waals surface area contributed by atoms with Crippen LogP contribution in [0.25, 0.3) is 22.7 Å². The second kappa shape index (κ2) is 10.4. The zero-order valence-electron chi connectivity index (χ0n) is 19.7. The summed E-state index contributed by atoms with van der Waals surface area (Å²) in [6.45, 7) is 5.14. The molecule has 2 aromatic carbocycles. The monoisotopic (exact) mass is 493 g/mol. The molecule has 1 aliphatic heterocycles. The number of phenolic OH excluding ortho intramolecular Hbond substituents is 1. The molecule has 0 unspecified atom stereocenters. The number of likely N-dealkylation sites (tertiary alicyclic amines) is 1. The summed E-state index contributed by atoms with van der Waals surface area (Å²) in [6, 6.07) is 17.6. The van der Waals surface area contributed by atoms with Crippen molar-refractivity contribution in [3.8, 4) is 34.2 Å². The molecular formula is C27H28ClN3O4. The van der Waals surface area contributed by atoms with Crippen LogP contribution < -0.4 is 4.74 Å². The zero-order chi connectivity index (χ0) is 23.7. The van der Waals surface area contributed by atoms with Gasteiger partial charge in [-0.2, -0.15) is 0 Å². The number of ether oxygens (including phenoxy) is 1. The maximum absolute atomic E-state index is 13.7. The SMILES string of the molecule is CCCN1CC(Oc2ccc(C(=O)c3c(-c4cccn4C)noc3-c3ccc(O)cc3)cc2)C1.Cl. The molecule has 1 aliphatic rings. The minimum Gasteiger partial charge on any atom is -0.508 e. The number of carbonyl (C=O) groups is 1. The Kier molecular flexibility index (Phi) is 7.28. The lowest BCUT2D eigenvalue weighted by Gasteiger charge is -2.38. The molecule has 0 atom stereocenters. The van der Waals surface area contributed by atoms with E-state index in [1.54, 1.807) is 36.4 Å². The first-order valence-electron chi connectivity index (χ1n) is 11.5. The molecular weight excluding hydrogens is 466 g/mol. The minimum atomic E-state index is -0.190. The first kappa shape index (κ1) is 24.6. The number of carbonyl (C=O) groups excluding carboxylic acids is 1. The first-order chi connectivity index (χ1) is 16.5. The summed E-state index contributed by atoms with van der Waals surface area (Å²) >= 11 is 0. The van der Waals surface area contributed by atoms with Gasteiger partial charge in [-0.25, -0.2) is 0 Å². The predicted molar refractivity (Wildman–Crippen MR) is 136 cm³/mol. The molecule has 5 rings (SSSR count). The second-order valence-corrected chi connectivity index (χ2v) is 8.64. The number of halogens is 1. The fraction of sp³-hybridized carbons (Fsp3) is 0.259. The van der Waals surface area contributed by atoms with Crippen LogP contribution in [0.5, 0.6) is 11.5 Å². The van der Waals surface area contributed by atoms with Crippen LogP contribution in [-0.2, 0) is 7.05 Å². The highest BCUT2D eigenvalue weighted by Gasteiger charge is 2.29. The van der Waals surface area contributed by atoms with E-state index in [9.17, 15) is 9.90 Å². The third-order valence-electron chi connectivity index (χ3n) is 6.12. The Balaban J connectivity index is 0.00000289. The number of aryl methyl sites for hydroxylation is 1. The molecule has 0 bridgehead atoms. The number of ketones is 1. The van der Waals surface area contributed by atoms with E-state index in [0.717, 1.165) is 37.5 Å². The summed E-state index contributed by atoms with van der Waals surface area (Å²) in [4.78, 5) is 16.1. The van der Waals surface area contributed by atoms with Crippen LogP contribution in [-0.4, -0.2) is 51.3 Å². The zero-order valence-corrected chi connectivity index (χ0v) is 20.5. The predicted octanol–water partition coefficient (Wildman–Crippen LogP) is 5.18. The van der Waals surface area contributed by atoms with Crippen LogP contribution in [0.4, 0.5) is 0 Å². The Morgan fingerprint density at radius 1 is 1.11 bits per heavy atom. The Labute approximate surface area is 210 Å². The molecule has 3 heterocycles. The second-order valence-electron chi connectivity index (χ2n) is 8.64. The van der Waals surface area contributed by atoms with Gasteiger partial charge in [-0.1, -0.05) is 12.1 Å². The number of phenols is 1. The van der Waals surface area contributed by atoms with E-state index in [-0.39, 0.29) is 30.0 Å². The van der Waals surface area contributed by atoms with Crippen molar-refractivity contribution in [3.05, 3.63) is 78.0 Å². The lowest BCUT2D eigenvalue weighted by atomic mass is 9.97. The standard InChI is InChI=1S/C27H27N3O4.ClH/c1-3-14-30-16-22(17-30)33-21-12-8-18(9-13-21)26(32)24-25(23-5-4-15-29(23)2)28-34-27(24)19-6-10-20(31)11-7-19;/h4-13,15,22,31H,3,14,16-17H2,1-2H3;1H. The van der Waals surface area contributed by atoms with Crippen molar-refractivity contribution in [1.82, 2.24) is 14.6 Å². The molecule has 7 nitrogen and oxygen atoms in total. The number of aromatic nitrogens is 2. The summed E-state index contributed by atoms with van der Waals surface area (Å²) in [5, 5.41) is 13.9. The van der Waals surface area contributed by atoms with Crippen LogP contribution >= 0.6 is 12.4 Å². The highest BCUT2D eigenvalue weighted by molar-refractivity contribution is 6.15. The van der Waals surface area contributed by atoms with E-state index in [0.29, 0.717) is 28.1 Å². The number of rotatable bonds is 8. The van der Waals surface area contributed by atoms with Gasteiger partial charge >= 0.3 is 0 Å². The van der Waals surface area contributed by atoms with Gasteiger partial charge in [0.15, 0.2) is 11.5 Å². The smallest absolute Gasteiger partial charge is 0.199 e. The van der Waals surface area contributed by atoms with Crippen LogP contribution in [0, 0.1) is 0 Å². The highest BCUT2D eigenvalue weighted by Crippen LogP contribution is 2.35. The molecule has 0 amide bonds. The van der Waals surface area contributed by atoms with Crippen molar-refractivity contribution < 1.29 is 19.2 Å². The van der Waals surface area contributed by atoms with Gasteiger partial charge in [0.1, 0.15) is 23.3 Å². The Morgan fingerprint density at radius 3 is 2.46 bits per heavy atom. The number of aromatic hydroxyl groups is 1. The molecule has 1 fully saturated rings. The van der Waals surface area contributed by atoms with Crippen molar-refractivity contribution in [2.24, 2.45) is 7.05 Å². The first-order valence-corrected chi connectivity index (χ1v) is 11.5. The quantitative estimate of drug-likeness (QED) is 0.341. The molecule has 0 saturated carbocycles. The maximum atomic E-state index is 13.7. The molecule has 0 aliphatic carbocycles. The Hall–Kier alpha value is -3.55. The van der Waals surface area contributed by atoms with Gasteiger partial charge in [0.05, 0.1) is 11.3 Å². The van der Waals surface area contributed by atoms with Gasteiger partial charge in [-0.15, -0.1) is 12.4 Å². The Morgan fingerprint density at radius 2 is 1.83 bits per heavy atom. The van der Waals surface area contributed by atoms with Gasteiger partial charge in [-0.05, 0) is 73.6 Å². The molecule has 1 saturated heterocycles. The van der Waals surface area contributed by atoms with Crippen molar-refractivity contribution in [3.63, 3.8) is 0 Å². The highest BCUT2D eigenvalue weighted by atomic mass is 35.5. The van der Waals surface area contributed by atoms with Gasteiger partial charge in [0, 0.05) is 37.5 Å². The summed E-state index contributed by atoms with van der Waals surface area (Å²) in [7, 11) is 1.90. The molecule has 35 heavy (non-hydrogen) atoms. The van der Waals surface area contributed by atoms with E-state index >= 15 is 0 Å². The normalized spacial score (nSPS) is 13.8. The maximum Gasteiger partial charge on any atom is 0.199 e. The number of nitrogens with zero attached hydrogens (tertiary/aromatic N) is 3. The molecule has 4 aromatic rings. The van der Waals surface area contributed by atoms with Crippen molar-refractivity contribution >= 4 is 18.2 Å². The van der Waals surface area contributed by atoms with Crippen molar-refractivity contribution in [2.75, 3.05) is 19.6 Å². The van der Waals surface area contributed by atoms with Crippen molar-refractivity contribution in [1.29, 1.82) is 0 Å². The average molecular weight is 494 g/mol. The minimum absolute atomic E-state index is 0. The van der Waals surface area contributed by atoms with Gasteiger partial charge in [0.25, 0.3) is 0 Å². The average Bonchev–Trinajstić information content (AvgIpc) is 3.44. The van der Waals surface area contributed by atoms with Crippen LogP contribution in [0.1, 0.15) is 29.3 Å². The third-order valence-corrected chi connectivity index (χ3v) is 6.12. The van der Waals surface area contributed by atoms with E-state index in [2.05, 4.69) is 17.0 Å². The lowest BCUT2D eigenvalue weighted by molar-refractivity contribution is 0.0202. The molecule has 182 valence electrons. The third kappa shape index (κ3) is 4.97.